The topological polar surface area (TPSA) is 22.8 Å². The molecule has 9 aromatic rings. The van der Waals surface area contributed by atoms with E-state index < -0.39 is 0 Å². The normalized spacial score (nSPS) is 11.8. The summed E-state index contributed by atoms with van der Waals surface area (Å²) in [4.78, 5) is 4.52. The van der Waals surface area contributed by atoms with E-state index in [0.29, 0.717) is 0 Å². The highest BCUT2D eigenvalue weighted by molar-refractivity contribution is 6.13. The standard InChI is InChI=1S/C39H25N3/c1-2-11-29(12-3-1)41-36-15-7-6-14-31(36)33-23-27(17-19-37(33)41)28-18-20-38-34(24-28)32-21-22-40-25-39(32)42(38)35-16-8-10-26-9-4-5-13-30(26)35/h1-25H. The van der Waals surface area contributed by atoms with Gasteiger partial charge in [-0.05, 0) is 71.1 Å². The van der Waals surface area contributed by atoms with Gasteiger partial charge in [0.25, 0.3) is 0 Å². The summed E-state index contributed by atoms with van der Waals surface area (Å²) in [7, 11) is 0. The Balaban J connectivity index is 1.28. The molecule has 3 nitrogen and oxygen atoms in total. The van der Waals surface area contributed by atoms with Gasteiger partial charge < -0.3 is 9.13 Å². The van der Waals surface area contributed by atoms with Gasteiger partial charge in [-0.15, -0.1) is 0 Å². The number of nitrogens with zero attached hydrogens (tertiary/aromatic N) is 3. The third kappa shape index (κ3) is 3.31. The molecule has 3 aromatic heterocycles. The van der Waals surface area contributed by atoms with Crippen LogP contribution in [0.1, 0.15) is 0 Å². The van der Waals surface area contributed by atoms with Crippen molar-refractivity contribution in [1.29, 1.82) is 0 Å². The van der Waals surface area contributed by atoms with Gasteiger partial charge >= 0.3 is 0 Å². The van der Waals surface area contributed by atoms with Gasteiger partial charge in [0.05, 0.1) is 34.0 Å². The zero-order valence-corrected chi connectivity index (χ0v) is 22.8. The smallest absolute Gasteiger partial charge is 0.0724 e. The van der Waals surface area contributed by atoms with Crippen LogP contribution in [0.4, 0.5) is 0 Å². The Morgan fingerprint density at radius 2 is 1.02 bits per heavy atom. The number of pyridine rings is 1. The van der Waals surface area contributed by atoms with Crippen molar-refractivity contribution in [2.75, 3.05) is 0 Å². The summed E-state index contributed by atoms with van der Waals surface area (Å²) in [6.07, 6.45) is 3.88. The van der Waals surface area contributed by atoms with Gasteiger partial charge in [-0.2, -0.15) is 0 Å². The number of hydrogen-bond acceptors (Lipinski definition) is 1. The lowest BCUT2D eigenvalue weighted by atomic mass is 10.0. The van der Waals surface area contributed by atoms with E-state index in [4.69, 9.17) is 0 Å². The van der Waals surface area contributed by atoms with Crippen LogP contribution in [0.3, 0.4) is 0 Å². The molecule has 0 N–H and O–H groups in total. The van der Waals surface area contributed by atoms with Crippen molar-refractivity contribution in [3.05, 3.63) is 152 Å². The lowest BCUT2D eigenvalue weighted by molar-refractivity contribution is 1.18. The minimum Gasteiger partial charge on any atom is -0.309 e. The van der Waals surface area contributed by atoms with E-state index in [1.54, 1.807) is 0 Å². The second-order valence-corrected chi connectivity index (χ2v) is 10.9. The zero-order chi connectivity index (χ0) is 27.6. The Hall–Kier alpha value is -5.67. The van der Waals surface area contributed by atoms with Crippen molar-refractivity contribution >= 4 is 54.4 Å². The molecule has 0 aliphatic heterocycles. The zero-order valence-electron chi connectivity index (χ0n) is 22.8. The molecule has 0 bridgehead atoms. The summed E-state index contributed by atoms with van der Waals surface area (Å²) in [6.45, 7) is 0. The first kappa shape index (κ1) is 23.1. The van der Waals surface area contributed by atoms with E-state index in [2.05, 4.69) is 154 Å². The van der Waals surface area contributed by atoms with Crippen molar-refractivity contribution in [3.8, 4) is 22.5 Å². The predicted octanol–water partition coefficient (Wildman–Crippen LogP) is 10.1. The summed E-state index contributed by atoms with van der Waals surface area (Å²) in [5, 5.41) is 7.41. The highest BCUT2D eigenvalue weighted by atomic mass is 15.0. The summed E-state index contributed by atoms with van der Waals surface area (Å²) >= 11 is 0. The molecule has 196 valence electrons. The maximum Gasteiger partial charge on any atom is 0.0724 e. The number of benzene rings is 6. The number of fused-ring (bicyclic) bond motifs is 7. The lowest BCUT2D eigenvalue weighted by Gasteiger charge is -2.11. The van der Waals surface area contributed by atoms with Crippen LogP contribution in [-0.4, -0.2) is 14.1 Å². The monoisotopic (exact) mass is 535 g/mol. The Labute approximate surface area is 242 Å². The molecule has 42 heavy (non-hydrogen) atoms. The molecule has 0 saturated heterocycles. The molecule has 0 aliphatic rings. The van der Waals surface area contributed by atoms with Crippen LogP contribution in [0.2, 0.25) is 0 Å². The van der Waals surface area contributed by atoms with Crippen LogP contribution in [0.15, 0.2) is 152 Å². The lowest BCUT2D eigenvalue weighted by Crippen LogP contribution is -1.95. The van der Waals surface area contributed by atoms with Crippen LogP contribution < -0.4 is 0 Å². The third-order valence-corrected chi connectivity index (χ3v) is 8.60. The second kappa shape index (κ2) is 8.92. The Kier molecular flexibility index (Phi) is 4.90. The van der Waals surface area contributed by atoms with E-state index in [-0.39, 0.29) is 0 Å². The molecule has 0 atom stereocenters. The number of para-hydroxylation sites is 2. The van der Waals surface area contributed by atoms with Crippen LogP contribution >= 0.6 is 0 Å². The summed E-state index contributed by atoms with van der Waals surface area (Å²) < 4.78 is 4.73. The predicted molar refractivity (Wildman–Crippen MR) is 176 cm³/mol. The average Bonchev–Trinajstić information content (AvgIpc) is 3.57. The number of rotatable bonds is 3. The fraction of sp³-hybridized carbons (Fsp3) is 0. The molecule has 3 heteroatoms. The molecule has 0 radical (unpaired) electrons. The Morgan fingerprint density at radius 1 is 0.405 bits per heavy atom. The van der Waals surface area contributed by atoms with Gasteiger partial charge in [0.1, 0.15) is 0 Å². The van der Waals surface area contributed by atoms with Crippen molar-refractivity contribution in [2.45, 2.75) is 0 Å². The van der Waals surface area contributed by atoms with Gasteiger partial charge in [0.15, 0.2) is 0 Å². The molecule has 0 amide bonds. The fourth-order valence-corrected chi connectivity index (χ4v) is 6.72. The highest BCUT2D eigenvalue weighted by Gasteiger charge is 2.17. The van der Waals surface area contributed by atoms with Crippen molar-refractivity contribution < 1.29 is 0 Å². The van der Waals surface area contributed by atoms with E-state index in [1.807, 2.05) is 12.4 Å². The third-order valence-electron chi connectivity index (χ3n) is 8.60. The maximum atomic E-state index is 4.52. The summed E-state index contributed by atoms with van der Waals surface area (Å²) in [6, 6.07) is 50.3. The minimum atomic E-state index is 1.11. The van der Waals surface area contributed by atoms with Gasteiger partial charge in [-0.1, -0.05) is 84.9 Å². The van der Waals surface area contributed by atoms with E-state index in [1.165, 1.54) is 71.4 Å². The minimum absolute atomic E-state index is 1.11. The SMILES string of the molecule is c1ccc(-n2c3ccccc3c3cc(-c4ccc5c(c4)c4ccncc4n5-c4cccc5ccccc45)ccc32)cc1. The Bertz CT molecular complexity index is 2460. The van der Waals surface area contributed by atoms with Crippen LogP contribution in [0.25, 0.3) is 76.9 Å². The van der Waals surface area contributed by atoms with E-state index >= 15 is 0 Å². The van der Waals surface area contributed by atoms with E-state index in [0.717, 1.165) is 5.52 Å². The first-order valence-electron chi connectivity index (χ1n) is 14.3. The molecule has 0 aliphatic carbocycles. The maximum absolute atomic E-state index is 4.52. The van der Waals surface area contributed by atoms with Gasteiger partial charge in [0, 0.05) is 38.8 Å². The average molecular weight is 536 g/mol. The second-order valence-electron chi connectivity index (χ2n) is 10.9. The van der Waals surface area contributed by atoms with Gasteiger partial charge in [-0.25, -0.2) is 0 Å². The van der Waals surface area contributed by atoms with Crippen LogP contribution in [-0.2, 0) is 0 Å². The first-order valence-corrected chi connectivity index (χ1v) is 14.3. The van der Waals surface area contributed by atoms with E-state index in [9.17, 15) is 0 Å². The molecular formula is C39H25N3. The quantitative estimate of drug-likeness (QED) is 0.221. The van der Waals surface area contributed by atoms with Crippen molar-refractivity contribution in [2.24, 2.45) is 0 Å². The summed E-state index contributed by atoms with van der Waals surface area (Å²) in [5.74, 6) is 0. The number of hydrogen-bond donors (Lipinski definition) is 0. The van der Waals surface area contributed by atoms with Gasteiger partial charge in [0.2, 0.25) is 0 Å². The Morgan fingerprint density at radius 3 is 1.83 bits per heavy atom. The molecule has 9 rings (SSSR count). The fourth-order valence-electron chi connectivity index (χ4n) is 6.72. The largest absolute Gasteiger partial charge is 0.309 e. The molecular weight excluding hydrogens is 510 g/mol. The molecule has 6 aromatic carbocycles. The highest BCUT2D eigenvalue weighted by Crippen LogP contribution is 2.38. The summed E-state index contributed by atoms with van der Waals surface area (Å²) in [5.41, 5.74) is 9.48. The molecule has 0 spiro atoms. The van der Waals surface area contributed by atoms with Crippen molar-refractivity contribution in [3.63, 3.8) is 0 Å². The molecule has 3 heterocycles. The molecule has 0 fully saturated rings. The van der Waals surface area contributed by atoms with Crippen molar-refractivity contribution in [1.82, 2.24) is 14.1 Å². The number of aromatic nitrogens is 3. The first-order chi connectivity index (χ1) is 20.8. The molecule has 0 saturated carbocycles. The molecule has 0 unspecified atom stereocenters. The van der Waals surface area contributed by atoms with Gasteiger partial charge in [-0.3, -0.25) is 4.98 Å². The van der Waals surface area contributed by atoms with Crippen LogP contribution in [0.5, 0.6) is 0 Å². The van der Waals surface area contributed by atoms with Crippen LogP contribution in [0, 0.1) is 0 Å².